The lowest BCUT2D eigenvalue weighted by molar-refractivity contribution is 0.0620. The van der Waals surface area contributed by atoms with Crippen molar-refractivity contribution in [2.45, 2.75) is 50.9 Å². The number of carbonyl (C=O) groups is 2. The van der Waals surface area contributed by atoms with Crippen LogP contribution in [0.3, 0.4) is 0 Å². The number of hydrogen-bond acceptors (Lipinski definition) is 4. The van der Waals surface area contributed by atoms with Crippen LogP contribution in [0.2, 0.25) is 0 Å². The van der Waals surface area contributed by atoms with Crippen molar-refractivity contribution in [2.24, 2.45) is 5.92 Å². The lowest BCUT2D eigenvalue weighted by Crippen LogP contribution is -2.40. The van der Waals surface area contributed by atoms with E-state index in [9.17, 15) is 14.7 Å². The summed E-state index contributed by atoms with van der Waals surface area (Å²) in [5, 5.41) is 19.5. The van der Waals surface area contributed by atoms with Crippen LogP contribution in [0, 0.1) is 5.92 Å². The van der Waals surface area contributed by atoms with Crippen LogP contribution in [0.1, 0.15) is 77.3 Å². The first-order chi connectivity index (χ1) is 14.7. The summed E-state index contributed by atoms with van der Waals surface area (Å²) >= 11 is 0. The Bertz CT molecular complexity index is 888. The third kappa shape index (κ3) is 4.56. The van der Waals surface area contributed by atoms with E-state index >= 15 is 0 Å². The fourth-order valence-corrected chi connectivity index (χ4v) is 4.69. The van der Waals surface area contributed by atoms with Gasteiger partial charge in [-0.05, 0) is 49.8 Å². The Morgan fingerprint density at radius 2 is 2.00 bits per heavy atom. The highest BCUT2D eigenvalue weighted by Gasteiger charge is 2.25. The minimum atomic E-state index is -0.202. The van der Waals surface area contributed by atoms with E-state index in [0.717, 1.165) is 31.4 Å². The third-order valence-electron chi connectivity index (χ3n) is 6.36. The predicted octanol–water partition coefficient (Wildman–Crippen LogP) is 3.55. The highest BCUT2D eigenvalue weighted by molar-refractivity contribution is 6.05. The van der Waals surface area contributed by atoms with Crippen molar-refractivity contribution in [1.29, 1.82) is 0 Å². The number of anilines is 1. The van der Waals surface area contributed by atoms with E-state index in [1.165, 1.54) is 19.3 Å². The van der Waals surface area contributed by atoms with E-state index in [-0.39, 0.29) is 24.3 Å². The van der Waals surface area contributed by atoms with E-state index in [4.69, 9.17) is 0 Å². The van der Waals surface area contributed by atoms with Crippen molar-refractivity contribution in [3.8, 4) is 0 Å². The summed E-state index contributed by atoms with van der Waals surface area (Å²) in [7, 11) is 0. The number of carbonyl (C=O) groups excluding carboxylic acids is 2. The van der Waals surface area contributed by atoms with Gasteiger partial charge in [-0.3, -0.25) is 14.7 Å². The molecule has 1 atom stereocenters. The maximum absolute atomic E-state index is 12.9. The summed E-state index contributed by atoms with van der Waals surface area (Å²) < 4.78 is 0. The van der Waals surface area contributed by atoms with Crippen LogP contribution in [-0.2, 0) is 0 Å². The summed E-state index contributed by atoms with van der Waals surface area (Å²) in [5.74, 6) is 0.237. The first-order valence-corrected chi connectivity index (χ1v) is 11.0. The molecule has 0 spiro atoms. The maximum atomic E-state index is 12.9. The molecule has 2 heterocycles. The number of hydrogen-bond donors (Lipinski definition) is 3. The van der Waals surface area contributed by atoms with E-state index in [1.54, 1.807) is 35.4 Å². The van der Waals surface area contributed by atoms with Crippen LogP contribution in [-0.4, -0.2) is 51.7 Å². The molecule has 0 bridgehead atoms. The first kappa shape index (κ1) is 20.6. The molecule has 1 unspecified atom stereocenters. The van der Waals surface area contributed by atoms with Gasteiger partial charge in [0.1, 0.15) is 0 Å². The zero-order valence-electron chi connectivity index (χ0n) is 17.3. The number of nitrogens with zero attached hydrogens (tertiary/aromatic N) is 2. The summed E-state index contributed by atoms with van der Waals surface area (Å²) in [6.45, 7) is 1.38. The third-order valence-corrected chi connectivity index (χ3v) is 6.36. The molecule has 2 aliphatic rings. The number of aromatic nitrogens is 2. The monoisotopic (exact) mass is 410 g/mol. The van der Waals surface area contributed by atoms with Crippen LogP contribution in [0.25, 0.3) is 0 Å². The summed E-state index contributed by atoms with van der Waals surface area (Å²) in [6, 6.07) is 7.07. The van der Waals surface area contributed by atoms with Gasteiger partial charge in [0, 0.05) is 36.9 Å². The van der Waals surface area contributed by atoms with Gasteiger partial charge in [-0.25, -0.2) is 0 Å². The molecule has 1 aromatic carbocycles. The second kappa shape index (κ2) is 9.43. The molecule has 3 N–H and O–H groups in total. The summed E-state index contributed by atoms with van der Waals surface area (Å²) in [5.41, 5.74) is 2.65. The molecule has 7 nitrogen and oxygen atoms in total. The number of aromatic amines is 1. The number of piperidine rings is 1. The lowest BCUT2D eigenvalue weighted by atomic mass is 9.85. The van der Waals surface area contributed by atoms with Crippen LogP contribution in [0.15, 0.2) is 30.5 Å². The van der Waals surface area contributed by atoms with Gasteiger partial charge in [-0.15, -0.1) is 0 Å². The van der Waals surface area contributed by atoms with Crippen LogP contribution >= 0.6 is 0 Å². The summed E-state index contributed by atoms with van der Waals surface area (Å²) in [6.07, 6.45) is 9.22. The number of rotatable bonds is 5. The second-order valence-electron chi connectivity index (χ2n) is 8.51. The van der Waals surface area contributed by atoms with Crippen molar-refractivity contribution in [1.82, 2.24) is 15.1 Å². The average Bonchev–Trinajstić information content (AvgIpc) is 3.29. The Labute approximate surface area is 176 Å². The molecule has 1 aromatic heterocycles. The highest BCUT2D eigenvalue weighted by atomic mass is 16.3. The second-order valence-corrected chi connectivity index (χ2v) is 8.51. The van der Waals surface area contributed by atoms with Gasteiger partial charge in [-0.1, -0.05) is 25.3 Å². The molecular weight excluding hydrogens is 380 g/mol. The Kier molecular flexibility index (Phi) is 6.47. The zero-order chi connectivity index (χ0) is 20.9. The molecule has 7 heteroatoms. The van der Waals surface area contributed by atoms with E-state index in [1.807, 2.05) is 0 Å². The Morgan fingerprint density at radius 1 is 1.17 bits per heavy atom. The number of aliphatic hydroxyl groups is 1. The molecule has 2 fully saturated rings. The molecule has 2 aromatic rings. The number of amides is 2. The first-order valence-electron chi connectivity index (χ1n) is 11.0. The number of aliphatic hydroxyl groups excluding tert-OH is 1. The zero-order valence-corrected chi connectivity index (χ0v) is 17.3. The lowest BCUT2D eigenvalue weighted by Gasteiger charge is -2.32. The fraction of sp³-hybridized carbons (Fsp3) is 0.522. The molecule has 1 saturated carbocycles. The van der Waals surface area contributed by atoms with Gasteiger partial charge in [-0.2, -0.15) is 5.10 Å². The van der Waals surface area contributed by atoms with Crippen molar-refractivity contribution in [3.63, 3.8) is 0 Å². The van der Waals surface area contributed by atoms with E-state index in [2.05, 4.69) is 15.5 Å². The van der Waals surface area contributed by atoms with Gasteiger partial charge < -0.3 is 15.3 Å². The molecule has 1 aliphatic carbocycles. The maximum Gasteiger partial charge on any atom is 0.259 e. The topological polar surface area (TPSA) is 98.3 Å². The Morgan fingerprint density at radius 3 is 2.80 bits per heavy atom. The normalized spacial score (nSPS) is 20.2. The largest absolute Gasteiger partial charge is 0.396 e. The van der Waals surface area contributed by atoms with Crippen molar-refractivity contribution < 1.29 is 14.7 Å². The van der Waals surface area contributed by atoms with Crippen molar-refractivity contribution >= 4 is 17.5 Å². The van der Waals surface area contributed by atoms with Gasteiger partial charge in [0.2, 0.25) is 0 Å². The Balaban J connectivity index is 1.45. The van der Waals surface area contributed by atoms with Crippen LogP contribution in [0.4, 0.5) is 5.69 Å². The van der Waals surface area contributed by atoms with Crippen LogP contribution < -0.4 is 5.32 Å². The molecule has 30 heavy (non-hydrogen) atoms. The minimum absolute atomic E-state index is 0.0598. The number of benzene rings is 1. The smallest absolute Gasteiger partial charge is 0.259 e. The molecule has 1 aliphatic heterocycles. The van der Waals surface area contributed by atoms with Gasteiger partial charge >= 0.3 is 0 Å². The molecule has 1 saturated heterocycles. The number of likely N-dealkylation sites (tertiary alicyclic amines) is 1. The highest BCUT2D eigenvalue weighted by Crippen LogP contribution is 2.33. The SMILES string of the molecule is O=C(Nc1cccc(C(=O)N2CCCC(CO)C2)c1)c1cn[nH]c1C1CCCCC1. The number of nitrogens with one attached hydrogen (secondary N) is 2. The molecular formula is C23H30N4O3. The minimum Gasteiger partial charge on any atom is -0.396 e. The predicted molar refractivity (Wildman–Crippen MR) is 115 cm³/mol. The van der Waals surface area contributed by atoms with Crippen LogP contribution in [0.5, 0.6) is 0 Å². The van der Waals surface area contributed by atoms with E-state index in [0.29, 0.717) is 35.8 Å². The number of H-pyrrole nitrogens is 1. The van der Waals surface area contributed by atoms with E-state index < -0.39 is 0 Å². The standard InChI is InChI=1S/C23H30N4O3/c28-15-16-6-5-11-27(14-16)23(30)18-9-4-10-19(12-18)25-22(29)20-13-24-26-21(20)17-7-2-1-3-8-17/h4,9-10,12-13,16-17,28H,1-3,5-8,11,14-15H2,(H,24,26)(H,25,29). The molecule has 160 valence electrons. The Hall–Kier alpha value is -2.67. The quantitative estimate of drug-likeness (QED) is 0.702. The molecule has 4 rings (SSSR count). The van der Waals surface area contributed by atoms with Gasteiger partial charge in [0.25, 0.3) is 11.8 Å². The van der Waals surface area contributed by atoms with Gasteiger partial charge in [0.15, 0.2) is 0 Å². The fourth-order valence-electron chi connectivity index (χ4n) is 4.69. The van der Waals surface area contributed by atoms with Crippen molar-refractivity contribution in [2.75, 3.05) is 25.0 Å². The average molecular weight is 411 g/mol. The van der Waals surface area contributed by atoms with Crippen molar-refractivity contribution in [3.05, 3.63) is 47.3 Å². The molecule has 2 amide bonds. The van der Waals surface area contributed by atoms with Gasteiger partial charge in [0.05, 0.1) is 17.5 Å². The summed E-state index contributed by atoms with van der Waals surface area (Å²) in [4.78, 5) is 27.6. The molecule has 0 radical (unpaired) electrons.